The van der Waals surface area contributed by atoms with Gasteiger partial charge in [-0.05, 0) is 26.7 Å². The lowest BCUT2D eigenvalue weighted by molar-refractivity contribution is 0.0211. The predicted molar refractivity (Wildman–Crippen MR) is 59.6 cm³/mol. The second-order valence-corrected chi connectivity index (χ2v) is 4.99. The molecule has 5 nitrogen and oxygen atoms in total. The van der Waals surface area contributed by atoms with Gasteiger partial charge in [-0.2, -0.15) is 8.42 Å². The average Bonchev–Trinajstić information content (AvgIpc) is 1.95. The van der Waals surface area contributed by atoms with Crippen LogP contribution in [0.4, 0.5) is 0 Å². The molecule has 0 aliphatic heterocycles. The maximum atomic E-state index is 8.74. The van der Waals surface area contributed by atoms with E-state index in [0.717, 1.165) is 12.8 Å². The van der Waals surface area contributed by atoms with Crippen molar-refractivity contribution in [1.29, 1.82) is 0 Å². The fourth-order valence-electron chi connectivity index (χ4n) is 1.60. The topological polar surface area (TPSA) is 83.8 Å². The molecule has 92 valence electrons. The lowest BCUT2D eigenvalue weighted by atomic mass is 9.94. The fraction of sp³-hybridized carbons (Fsp3) is 0.600. The van der Waals surface area contributed by atoms with Crippen molar-refractivity contribution in [3.63, 3.8) is 0 Å². The van der Waals surface area contributed by atoms with Crippen LogP contribution in [0.1, 0.15) is 26.7 Å². The predicted octanol–water partition coefficient (Wildman–Crippen LogP) is 1.79. The summed E-state index contributed by atoms with van der Waals surface area (Å²) < 4.78 is 37.3. The minimum absolute atomic E-state index is 0.421. The quantitative estimate of drug-likeness (QED) is 0.575. The van der Waals surface area contributed by atoms with Crippen molar-refractivity contribution >= 4 is 10.4 Å². The molecule has 2 N–H and O–H groups in total. The maximum Gasteiger partial charge on any atom is 0.394 e. The molecule has 0 aromatic heterocycles. The highest BCUT2D eigenvalue weighted by Gasteiger charge is 2.23. The Labute approximate surface area is 95.4 Å². The molecule has 2 atom stereocenters. The molecule has 0 bridgehead atoms. The average molecular weight is 248 g/mol. The Bertz CT molecular complexity index is 375. The van der Waals surface area contributed by atoms with Gasteiger partial charge in [0.05, 0.1) is 12.2 Å². The second-order valence-electron chi connectivity index (χ2n) is 4.10. The largest absolute Gasteiger partial charge is 0.394 e. The van der Waals surface area contributed by atoms with E-state index in [9.17, 15) is 0 Å². The van der Waals surface area contributed by atoms with Gasteiger partial charge in [-0.3, -0.25) is 9.11 Å². The van der Waals surface area contributed by atoms with Crippen LogP contribution in [0, 0.1) is 0 Å². The Kier molecular flexibility index (Phi) is 4.26. The molecule has 0 radical (unpaired) electrons. The first-order chi connectivity index (χ1) is 7.24. The van der Waals surface area contributed by atoms with E-state index in [0.29, 0.717) is 12.2 Å². The van der Waals surface area contributed by atoms with Crippen molar-refractivity contribution in [3.05, 3.63) is 23.3 Å². The molecule has 2 unspecified atom stereocenters. The first-order valence-electron chi connectivity index (χ1n) is 4.94. The molecule has 0 aromatic rings. The van der Waals surface area contributed by atoms with Gasteiger partial charge in [-0.15, -0.1) is 0 Å². The molecular formula is C10H16O5S. The van der Waals surface area contributed by atoms with E-state index in [-0.39, 0.29) is 0 Å². The van der Waals surface area contributed by atoms with Gasteiger partial charge in [0.2, 0.25) is 0 Å². The van der Waals surface area contributed by atoms with Crippen molar-refractivity contribution < 1.29 is 22.3 Å². The van der Waals surface area contributed by atoms with E-state index in [4.69, 9.17) is 22.3 Å². The van der Waals surface area contributed by atoms with E-state index in [1.165, 1.54) is 11.1 Å². The van der Waals surface area contributed by atoms with Crippen molar-refractivity contribution in [1.82, 2.24) is 0 Å². The summed E-state index contributed by atoms with van der Waals surface area (Å²) in [7, 11) is -4.67. The molecule has 0 amide bonds. The summed E-state index contributed by atoms with van der Waals surface area (Å²) in [5.74, 6) is 0. The van der Waals surface area contributed by atoms with Crippen LogP contribution in [0.2, 0.25) is 0 Å². The number of ether oxygens (including phenoxy) is 1. The Hall–Kier alpha value is -0.690. The summed E-state index contributed by atoms with van der Waals surface area (Å²) >= 11 is 0. The van der Waals surface area contributed by atoms with E-state index in [1.807, 2.05) is 0 Å². The Balaban J connectivity index is 0.000000221. The summed E-state index contributed by atoms with van der Waals surface area (Å²) in [6, 6.07) is 0. The van der Waals surface area contributed by atoms with Gasteiger partial charge >= 0.3 is 10.4 Å². The highest BCUT2D eigenvalue weighted by Crippen LogP contribution is 2.28. The normalized spacial score (nSPS) is 27.8. The summed E-state index contributed by atoms with van der Waals surface area (Å²) in [6.45, 7) is 4.31. The molecule has 16 heavy (non-hydrogen) atoms. The van der Waals surface area contributed by atoms with Gasteiger partial charge in [0.15, 0.2) is 0 Å². The van der Waals surface area contributed by atoms with Crippen molar-refractivity contribution in [2.45, 2.75) is 38.9 Å². The molecule has 0 spiro atoms. The highest BCUT2D eigenvalue weighted by molar-refractivity contribution is 7.79. The monoisotopic (exact) mass is 248 g/mol. The van der Waals surface area contributed by atoms with Gasteiger partial charge in [0, 0.05) is 0 Å². The van der Waals surface area contributed by atoms with Crippen molar-refractivity contribution in [3.8, 4) is 0 Å². The maximum absolute atomic E-state index is 8.74. The minimum atomic E-state index is -4.67. The fourth-order valence-corrected chi connectivity index (χ4v) is 1.60. The van der Waals surface area contributed by atoms with Crippen LogP contribution in [-0.2, 0) is 15.1 Å². The molecule has 2 rings (SSSR count). The molecule has 2 aliphatic rings. The van der Waals surface area contributed by atoms with E-state index < -0.39 is 10.4 Å². The van der Waals surface area contributed by atoms with Crippen LogP contribution >= 0.6 is 0 Å². The van der Waals surface area contributed by atoms with Crippen LogP contribution in [0.25, 0.3) is 0 Å². The molecular weight excluding hydrogens is 232 g/mol. The van der Waals surface area contributed by atoms with Crippen molar-refractivity contribution in [2.75, 3.05) is 0 Å². The Morgan fingerprint density at radius 2 is 1.38 bits per heavy atom. The third-order valence-electron chi connectivity index (χ3n) is 2.34. The summed E-state index contributed by atoms with van der Waals surface area (Å²) in [5.41, 5.74) is 2.94. The zero-order valence-electron chi connectivity index (χ0n) is 9.25. The van der Waals surface area contributed by atoms with E-state index in [1.54, 1.807) is 0 Å². The standard InChI is InChI=1S/C10H14O.H2O4S/c1-7-3-9(4-7)11-10-5-8(2)6-10;1-5(2,3)4/h3,5,9-10H,4,6H2,1-2H3;(H2,1,2,3,4). The second kappa shape index (κ2) is 5.09. The SMILES string of the molecule is CC1=CC(OC2C=C(C)C2)C1.O=S(=O)(O)O. The molecule has 0 heterocycles. The first kappa shape index (κ1) is 13.4. The van der Waals surface area contributed by atoms with Crippen LogP contribution in [0.15, 0.2) is 23.3 Å². The van der Waals surface area contributed by atoms with Gasteiger partial charge in [0.1, 0.15) is 0 Å². The number of hydrogen-bond donors (Lipinski definition) is 2. The smallest absolute Gasteiger partial charge is 0.366 e. The molecule has 0 fully saturated rings. The van der Waals surface area contributed by atoms with Crippen molar-refractivity contribution in [2.24, 2.45) is 0 Å². The summed E-state index contributed by atoms with van der Waals surface area (Å²) in [5, 5.41) is 0. The summed E-state index contributed by atoms with van der Waals surface area (Å²) in [6.07, 6.45) is 7.55. The Morgan fingerprint density at radius 1 is 1.12 bits per heavy atom. The van der Waals surface area contributed by atoms with Gasteiger partial charge < -0.3 is 4.74 Å². The highest BCUT2D eigenvalue weighted by atomic mass is 32.3. The van der Waals surface area contributed by atoms with Gasteiger partial charge in [-0.1, -0.05) is 23.3 Å². The third-order valence-corrected chi connectivity index (χ3v) is 2.34. The number of rotatable bonds is 2. The first-order valence-corrected chi connectivity index (χ1v) is 6.33. The lowest BCUT2D eigenvalue weighted by Crippen LogP contribution is -2.28. The van der Waals surface area contributed by atoms with E-state index in [2.05, 4.69) is 26.0 Å². The molecule has 0 saturated carbocycles. The lowest BCUT2D eigenvalue weighted by Gasteiger charge is -2.31. The van der Waals surface area contributed by atoms with Gasteiger partial charge in [0.25, 0.3) is 0 Å². The van der Waals surface area contributed by atoms with Crippen LogP contribution in [-0.4, -0.2) is 29.7 Å². The van der Waals surface area contributed by atoms with Crippen LogP contribution in [0.3, 0.4) is 0 Å². The Morgan fingerprint density at radius 3 is 1.56 bits per heavy atom. The number of hydrogen-bond acceptors (Lipinski definition) is 3. The molecule has 0 saturated heterocycles. The zero-order chi connectivity index (χ0) is 12.3. The third kappa shape index (κ3) is 5.41. The minimum Gasteiger partial charge on any atom is -0.366 e. The summed E-state index contributed by atoms with van der Waals surface area (Å²) in [4.78, 5) is 0. The zero-order valence-corrected chi connectivity index (χ0v) is 10.1. The molecule has 2 aliphatic carbocycles. The van der Waals surface area contributed by atoms with Gasteiger partial charge in [-0.25, -0.2) is 0 Å². The molecule has 0 aromatic carbocycles. The van der Waals surface area contributed by atoms with Crippen LogP contribution in [0.5, 0.6) is 0 Å². The van der Waals surface area contributed by atoms with E-state index >= 15 is 0 Å². The molecule has 6 heteroatoms. The van der Waals surface area contributed by atoms with Crippen LogP contribution < -0.4 is 0 Å².